The average Bonchev–Trinajstić information content (AvgIpc) is 2.26. The molecule has 16 heavy (non-hydrogen) atoms. The first-order chi connectivity index (χ1) is 7.63. The van der Waals surface area contributed by atoms with Gasteiger partial charge in [-0.25, -0.2) is 0 Å². The van der Waals surface area contributed by atoms with E-state index in [1.807, 2.05) is 31.2 Å². The zero-order valence-corrected chi connectivity index (χ0v) is 11.0. The number of carbonyl (C=O) groups excluding carboxylic acids is 1. The summed E-state index contributed by atoms with van der Waals surface area (Å²) >= 11 is 3.41. The largest absolute Gasteiger partial charge is 0.350 e. The van der Waals surface area contributed by atoms with Crippen molar-refractivity contribution >= 4 is 21.8 Å². The van der Waals surface area contributed by atoms with Gasteiger partial charge in [-0.2, -0.15) is 0 Å². The van der Waals surface area contributed by atoms with Gasteiger partial charge in [-0.15, -0.1) is 6.58 Å². The second-order valence-corrected chi connectivity index (χ2v) is 4.59. The summed E-state index contributed by atoms with van der Waals surface area (Å²) in [7, 11) is 0. The van der Waals surface area contributed by atoms with E-state index in [0.717, 1.165) is 16.5 Å². The number of rotatable bonds is 5. The van der Waals surface area contributed by atoms with Crippen LogP contribution in [0.3, 0.4) is 0 Å². The molecule has 1 amide bonds. The van der Waals surface area contributed by atoms with Crippen LogP contribution in [0.2, 0.25) is 0 Å². The van der Waals surface area contributed by atoms with Crippen LogP contribution in [-0.4, -0.2) is 5.91 Å². The van der Waals surface area contributed by atoms with Gasteiger partial charge in [0.1, 0.15) is 0 Å². The fourth-order valence-corrected chi connectivity index (χ4v) is 1.82. The highest BCUT2D eigenvalue weighted by atomic mass is 79.9. The molecule has 1 rings (SSSR count). The highest BCUT2D eigenvalue weighted by molar-refractivity contribution is 9.10. The predicted octanol–water partition coefficient (Wildman–Crippen LogP) is 3.59. The second-order valence-electron chi connectivity index (χ2n) is 3.67. The van der Waals surface area contributed by atoms with Crippen molar-refractivity contribution in [2.45, 2.75) is 25.8 Å². The summed E-state index contributed by atoms with van der Waals surface area (Å²) in [6.07, 6.45) is 2.97. The average molecular weight is 282 g/mol. The van der Waals surface area contributed by atoms with Crippen LogP contribution in [0.5, 0.6) is 0 Å². The Hall–Kier alpha value is -1.09. The van der Waals surface area contributed by atoms with Gasteiger partial charge in [0.25, 0.3) is 0 Å². The van der Waals surface area contributed by atoms with E-state index >= 15 is 0 Å². The van der Waals surface area contributed by atoms with Crippen molar-refractivity contribution in [1.29, 1.82) is 0 Å². The van der Waals surface area contributed by atoms with Gasteiger partial charge in [0.2, 0.25) is 5.91 Å². The van der Waals surface area contributed by atoms with Gasteiger partial charge in [0.05, 0.1) is 6.04 Å². The molecule has 0 aliphatic rings. The molecule has 3 heteroatoms. The van der Waals surface area contributed by atoms with Crippen molar-refractivity contribution in [3.8, 4) is 0 Å². The van der Waals surface area contributed by atoms with Gasteiger partial charge in [0, 0.05) is 10.9 Å². The normalized spacial score (nSPS) is 11.9. The van der Waals surface area contributed by atoms with E-state index in [4.69, 9.17) is 0 Å². The number of halogens is 1. The molecule has 0 aliphatic carbocycles. The lowest BCUT2D eigenvalue weighted by atomic mass is 10.1. The van der Waals surface area contributed by atoms with E-state index in [-0.39, 0.29) is 11.9 Å². The summed E-state index contributed by atoms with van der Waals surface area (Å²) in [5, 5.41) is 2.95. The first-order valence-corrected chi connectivity index (χ1v) is 6.08. The first-order valence-electron chi connectivity index (χ1n) is 5.29. The Balaban J connectivity index is 2.54. The van der Waals surface area contributed by atoms with Crippen LogP contribution >= 0.6 is 15.9 Å². The van der Waals surface area contributed by atoms with Crippen LogP contribution < -0.4 is 5.32 Å². The molecular formula is C13H16BrNO. The summed E-state index contributed by atoms with van der Waals surface area (Å²) in [5.41, 5.74) is 1.10. The highest BCUT2D eigenvalue weighted by Gasteiger charge is 2.08. The van der Waals surface area contributed by atoms with Gasteiger partial charge in [0.15, 0.2) is 0 Å². The molecule has 0 spiro atoms. The molecule has 0 aromatic heterocycles. The number of nitrogens with one attached hydrogen (secondary N) is 1. The lowest BCUT2D eigenvalue weighted by molar-refractivity contribution is -0.121. The Morgan fingerprint density at radius 1 is 1.62 bits per heavy atom. The van der Waals surface area contributed by atoms with Crippen molar-refractivity contribution < 1.29 is 4.79 Å². The van der Waals surface area contributed by atoms with Crippen LogP contribution in [0.15, 0.2) is 41.4 Å². The van der Waals surface area contributed by atoms with Crippen LogP contribution in [-0.2, 0) is 4.79 Å². The zero-order valence-electron chi connectivity index (χ0n) is 9.37. The summed E-state index contributed by atoms with van der Waals surface area (Å²) in [6, 6.07) is 7.98. The fraction of sp³-hybridized carbons (Fsp3) is 0.308. The van der Waals surface area contributed by atoms with Crippen LogP contribution in [0, 0.1) is 0 Å². The summed E-state index contributed by atoms with van der Waals surface area (Å²) in [6.45, 7) is 5.58. The monoisotopic (exact) mass is 281 g/mol. The minimum absolute atomic E-state index is 0.0369. The molecule has 2 nitrogen and oxygen atoms in total. The zero-order chi connectivity index (χ0) is 12.0. The van der Waals surface area contributed by atoms with E-state index in [1.165, 1.54) is 0 Å². The van der Waals surface area contributed by atoms with Crippen molar-refractivity contribution in [2.75, 3.05) is 0 Å². The number of carbonyl (C=O) groups is 1. The first kappa shape index (κ1) is 13.0. The van der Waals surface area contributed by atoms with Gasteiger partial charge in [-0.3, -0.25) is 4.79 Å². The van der Waals surface area contributed by atoms with Crippen LogP contribution in [0.25, 0.3) is 0 Å². The molecule has 0 fully saturated rings. The van der Waals surface area contributed by atoms with Crippen molar-refractivity contribution in [3.05, 3.63) is 47.0 Å². The highest BCUT2D eigenvalue weighted by Crippen LogP contribution is 2.17. The van der Waals surface area contributed by atoms with E-state index in [0.29, 0.717) is 6.42 Å². The number of hydrogen-bond donors (Lipinski definition) is 1. The molecule has 86 valence electrons. The van der Waals surface area contributed by atoms with Gasteiger partial charge in [-0.1, -0.05) is 34.1 Å². The van der Waals surface area contributed by atoms with Crippen LogP contribution in [0.4, 0.5) is 0 Å². The third kappa shape index (κ3) is 4.19. The molecule has 0 saturated carbocycles. The molecule has 1 N–H and O–H groups in total. The predicted molar refractivity (Wildman–Crippen MR) is 70.1 cm³/mol. The standard InChI is InChI=1S/C13H16BrNO/c1-3-4-8-13(16)15-10(2)11-6-5-7-12(14)9-11/h3,5-7,9-10H,1,4,8H2,2H3,(H,15,16). The molecule has 1 atom stereocenters. The molecular weight excluding hydrogens is 266 g/mol. The quantitative estimate of drug-likeness (QED) is 0.821. The second kappa shape index (κ2) is 6.48. The summed E-state index contributed by atoms with van der Waals surface area (Å²) < 4.78 is 1.03. The van der Waals surface area contributed by atoms with Crippen molar-refractivity contribution in [2.24, 2.45) is 0 Å². The Bertz CT molecular complexity index is 376. The lowest BCUT2D eigenvalue weighted by Crippen LogP contribution is -2.26. The Kier molecular flexibility index (Phi) is 5.26. The van der Waals surface area contributed by atoms with E-state index in [2.05, 4.69) is 27.8 Å². The van der Waals surface area contributed by atoms with Crippen molar-refractivity contribution in [3.63, 3.8) is 0 Å². The van der Waals surface area contributed by atoms with Gasteiger partial charge < -0.3 is 5.32 Å². The maximum atomic E-state index is 11.5. The molecule has 0 heterocycles. The Morgan fingerprint density at radius 2 is 2.38 bits per heavy atom. The summed E-state index contributed by atoms with van der Waals surface area (Å²) in [4.78, 5) is 11.5. The fourth-order valence-electron chi connectivity index (χ4n) is 1.41. The summed E-state index contributed by atoms with van der Waals surface area (Å²) in [5.74, 6) is 0.0624. The minimum Gasteiger partial charge on any atom is -0.350 e. The molecule has 0 saturated heterocycles. The maximum Gasteiger partial charge on any atom is 0.220 e. The number of benzene rings is 1. The molecule has 0 radical (unpaired) electrons. The topological polar surface area (TPSA) is 29.1 Å². The molecule has 1 aromatic rings. The third-order valence-electron chi connectivity index (χ3n) is 2.30. The Morgan fingerprint density at radius 3 is 3.00 bits per heavy atom. The number of allylic oxidation sites excluding steroid dienone is 1. The minimum atomic E-state index is 0.0369. The molecule has 1 aromatic carbocycles. The SMILES string of the molecule is C=CCCC(=O)NC(C)c1cccc(Br)c1. The molecule has 0 bridgehead atoms. The molecule has 0 aliphatic heterocycles. The third-order valence-corrected chi connectivity index (χ3v) is 2.79. The molecule has 1 unspecified atom stereocenters. The Labute approximate surface area is 105 Å². The van der Waals surface area contributed by atoms with E-state index in [1.54, 1.807) is 6.08 Å². The number of hydrogen-bond acceptors (Lipinski definition) is 1. The lowest BCUT2D eigenvalue weighted by Gasteiger charge is -2.14. The van der Waals surface area contributed by atoms with Crippen LogP contribution in [0.1, 0.15) is 31.4 Å². The maximum absolute atomic E-state index is 11.5. The van der Waals surface area contributed by atoms with E-state index in [9.17, 15) is 4.79 Å². The van der Waals surface area contributed by atoms with Crippen molar-refractivity contribution in [1.82, 2.24) is 5.32 Å². The van der Waals surface area contributed by atoms with E-state index < -0.39 is 0 Å². The van der Waals surface area contributed by atoms with Gasteiger partial charge in [-0.05, 0) is 31.0 Å². The smallest absolute Gasteiger partial charge is 0.220 e. The van der Waals surface area contributed by atoms with Gasteiger partial charge >= 0.3 is 0 Å². The number of amides is 1.